The highest BCUT2D eigenvalue weighted by atomic mass is 19.1. The van der Waals surface area contributed by atoms with Crippen molar-refractivity contribution in [2.45, 2.75) is 13.0 Å². The zero-order chi connectivity index (χ0) is 13.1. The Kier molecular flexibility index (Phi) is 3.59. The molecule has 0 aliphatic carbocycles. The van der Waals surface area contributed by atoms with Gasteiger partial charge in [-0.3, -0.25) is 5.84 Å². The molecule has 0 spiro atoms. The standard InChI is InChI=1S/C12H12F2N4/c1-7-16-5-4-11(17-7)12(18-15)9-6-8(13)2-3-10(9)14/h2-6,12,18H,15H2,1H3. The van der Waals surface area contributed by atoms with Crippen LogP contribution in [0.5, 0.6) is 0 Å². The van der Waals surface area contributed by atoms with E-state index in [0.717, 1.165) is 18.2 Å². The van der Waals surface area contributed by atoms with Crippen molar-refractivity contribution in [3.63, 3.8) is 0 Å². The molecular formula is C12H12F2N4. The molecule has 1 atom stereocenters. The highest BCUT2D eigenvalue weighted by Crippen LogP contribution is 2.23. The van der Waals surface area contributed by atoms with Gasteiger partial charge >= 0.3 is 0 Å². The van der Waals surface area contributed by atoms with E-state index in [0.29, 0.717) is 11.5 Å². The summed E-state index contributed by atoms with van der Waals surface area (Å²) < 4.78 is 26.9. The molecule has 4 nitrogen and oxygen atoms in total. The fraction of sp³-hybridized carbons (Fsp3) is 0.167. The molecule has 0 saturated carbocycles. The molecule has 2 rings (SSSR count). The molecule has 1 unspecified atom stereocenters. The maximum Gasteiger partial charge on any atom is 0.128 e. The molecule has 1 aromatic heterocycles. The normalized spacial score (nSPS) is 12.4. The minimum Gasteiger partial charge on any atom is -0.271 e. The number of hydrogen-bond acceptors (Lipinski definition) is 4. The monoisotopic (exact) mass is 250 g/mol. The first-order valence-electron chi connectivity index (χ1n) is 5.32. The number of nitrogens with one attached hydrogen (secondary N) is 1. The van der Waals surface area contributed by atoms with Crippen LogP contribution in [0.3, 0.4) is 0 Å². The lowest BCUT2D eigenvalue weighted by Gasteiger charge is -2.16. The van der Waals surface area contributed by atoms with Crippen LogP contribution in [0.1, 0.15) is 23.1 Å². The van der Waals surface area contributed by atoms with Crippen molar-refractivity contribution >= 4 is 0 Å². The van der Waals surface area contributed by atoms with Crippen molar-refractivity contribution in [3.05, 3.63) is 59.2 Å². The second-order valence-electron chi connectivity index (χ2n) is 3.79. The first kappa shape index (κ1) is 12.5. The summed E-state index contributed by atoms with van der Waals surface area (Å²) in [6.45, 7) is 1.71. The number of hydrazine groups is 1. The zero-order valence-electron chi connectivity index (χ0n) is 9.69. The lowest BCUT2D eigenvalue weighted by molar-refractivity contribution is 0.538. The van der Waals surface area contributed by atoms with Gasteiger partial charge in [0.25, 0.3) is 0 Å². The predicted octanol–water partition coefficient (Wildman–Crippen LogP) is 1.62. The molecule has 0 radical (unpaired) electrons. The summed E-state index contributed by atoms with van der Waals surface area (Å²) in [7, 11) is 0. The SMILES string of the molecule is Cc1nccc(C(NN)c2cc(F)ccc2F)n1. The minimum absolute atomic E-state index is 0.107. The van der Waals surface area contributed by atoms with Gasteiger partial charge in [-0.15, -0.1) is 0 Å². The summed E-state index contributed by atoms with van der Waals surface area (Å²) in [5, 5.41) is 0. The predicted molar refractivity (Wildman–Crippen MR) is 62.3 cm³/mol. The number of rotatable bonds is 3. The quantitative estimate of drug-likeness (QED) is 0.641. The van der Waals surface area contributed by atoms with E-state index in [9.17, 15) is 8.78 Å². The maximum absolute atomic E-state index is 13.7. The van der Waals surface area contributed by atoms with Gasteiger partial charge in [0.2, 0.25) is 0 Å². The van der Waals surface area contributed by atoms with E-state index in [4.69, 9.17) is 5.84 Å². The molecule has 1 heterocycles. The van der Waals surface area contributed by atoms with Crippen molar-refractivity contribution in [3.8, 4) is 0 Å². The highest BCUT2D eigenvalue weighted by molar-refractivity contribution is 5.29. The number of benzene rings is 1. The van der Waals surface area contributed by atoms with E-state index < -0.39 is 17.7 Å². The van der Waals surface area contributed by atoms with E-state index >= 15 is 0 Å². The number of nitrogens with two attached hydrogens (primary N) is 1. The molecule has 0 bridgehead atoms. The van der Waals surface area contributed by atoms with E-state index in [1.165, 1.54) is 0 Å². The summed E-state index contributed by atoms with van der Waals surface area (Å²) in [6.07, 6.45) is 1.54. The average molecular weight is 250 g/mol. The van der Waals surface area contributed by atoms with Gasteiger partial charge in [0.05, 0.1) is 11.7 Å². The first-order chi connectivity index (χ1) is 8.61. The minimum atomic E-state index is -0.720. The van der Waals surface area contributed by atoms with E-state index in [2.05, 4.69) is 15.4 Å². The fourth-order valence-electron chi connectivity index (χ4n) is 1.71. The molecule has 2 aromatic rings. The number of aromatic nitrogens is 2. The average Bonchev–Trinajstić information content (AvgIpc) is 2.35. The molecular weight excluding hydrogens is 238 g/mol. The summed E-state index contributed by atoms with van der Waals surface area (Å²) in [5.74, 6) is 4.86. The van der Waals surface area contributed by atoms with Crippen LogP contribution in [0.25, 0.3) is 0 Å². The van der Waals surface area contributed by atoms with Gasteiger partial charge < -0.3 is 0 Å². The number of hydrogen-bond donors (Lipinski definition) is 2. The summed E-state index contributed by atoms with van der Waals surface area (Å²) in [5.41, 5.74) is 3.02. The van der Waals surface area contributed by atoms with Crippen molar-refractivity contribution in [2.24, 2.45) is 5.84 Å². The Balaban J connectivity index is 2.48. The fourth-order valence-corrected chi connectivity index (χ4v) is 1.71. The third kappa shape index (κ3) is 2.49. The molecule has 0 aliphatic heterocycles. The molecule has 94 valence electrons. The van der Waals surface area contributed by atoms with Gasteiger partial charge in [-0.1, -0.05) is 0 Å². The van der Waals surface area contributed by atoms with Crippen molar-refractivity contribution in [2.75, 3.05) is 0 Å². The van der Waals surface area contributed by atoms with Gasteiger partial charge in [0.1, 0.15) is 17.5 Å². The van der Waals surface area contributed by atoms with Gasteiger partial charge in [-0.25, -0.2) is 24.2 Å². The summed E-state index contributed by atoms with van der Waals surface area (Å²) in [6, 6.07) is 4.09. The van der Waals surface area contributed by atoms with Crippen molar-refractivity contribution < 1.29 is 8.78 Å². The molecule has 1 aromatic carbocycles. The van der Waals surface area contributed by atoms with E-state index in [-0.39, 0.29) is 5.56 Å². The highest BCUT2D eigenvalue weighted by Gasteiger charge is 2.18. The third-order valence-electron chi connectivity index (χ3n) is 2.53. The molecule has 0 saturated heterocycles. The Hall–Kier alpha value is -1.92. The zero-order valence-corrected chi connectivity index (χ0v) is 9.69. The number of halogens is 2. The number of nitrogens with zero attached hydrogens (tertiary/aromatic N) is 2. The molecule has 3 N–H and O–H groups in total. The Labute approximate surface area is 103 Å². The van der Waals surface area contributed by atoms with Gasteiger partial charge in [-0.2, -0.15) is 0 Å². The Morgan fingerprint density at radius 3 is 2.72 bits per heavy atom. The lowest BCUT2D eigenvalue weighted by atomic mass is 10.0. The molecule has 0 amide bonds. The van der Waals surface area contributed by atoms with Crippen LogP contribution in [0.2, 0.25) is 0 Å². The largest absolute Gasteiger partial charge is 0.271 e. The Bertz CT molecular complexity index is 560. The molecule has 0 aliphatic rings. The van der Waals surface area contributed by atoms with Crippen LogP contribution in [0.4, 0.5) is 8.78 Å². The molecule has 18 heavy (non-hydrogen) atoms. The van der Waals surface area contributed by atoms with Gasteiger partial charge in [-0.05, 0) is 31.2 Å². The first-order valence-corrected chi connectivity index (χ1v) is 5.32. The second-order valence-corrected chi connectivity index (χ2v) is 3.79. The second kappa shape index (κ2) is 5.16. The summed E-state index contributed by atoms with van der Waals surface area (Å²) in [4.78, 5) is 8.09. The van der Waals surface area contributed by atoms with Crippen molar-refractivity contribution in [1.29, 1.82) is 0 Å². The van der Waals surface area contributed by atoms with Gasteiger partial charge in [0, 0.05) is 11.8 Å². The van der Waals surface area contributed by atoms with E-state index in [1.807, 2.05) is 0 Å². The van der Waals surface area contributed by atoms with Crippen LogP contribution in [0.15, 0.2) is 30.5 Å². The van der Waals surface area contributed by atoms with Crippen LogP contribution in [0, 0.1) is 18.6 Å². The van der Waals surface area contributed by atoms with Crippen LogP contribution in [-0.2, 0) is 0 Å². The maximum atomic E-state index is 13.7. The Morgan fingerprint density at radius 2 is 2.06 bits per heavy atom. The molecule has 6 heteroatoms. The molecule has 0 fully saturated rings. The third-order valence-corrected chi connectivity index (χ3v) is 2.53. The van der Waals surface area contributed by atoms with Crippen molar-refractivity contribution in [1.82, 2.24) is 15.4 Å². The van der Waals surface area contributed by atoms with Crippen LogP contribution >= 0.6 is 0 Å². The van der Waals surface area contributed by atoms with Gasteiger partial charge in [0.15, 0.2) is 0 Å². The van der Waals surface area contributed by atoms with Crippen LogP contribution in [-0.4, -0.2) is 9.97 Å². The smallest absolute Gasteiger partial charge is 0.128 e. The topological polar surface area (TPSA) is 63.8 Å². The number of aryl methyl sites for hydroxylation is 1. The van der Waals surface area contributed by atoms with E-state index in [1.54, 1.807) is 19.2 Å². The summed E-state index contributed by atoms with van der Waals surface area (Å²) >= 11 is 0. The Morgan fingerprint density at radius 1 is 1.28 bits per heavy atom. The van der Waals surface area contributed by atoms with Crippen LogP contribution < -0.4 is 11.3 Å². The lowest BCUT2D eigenvalue weighted by Crippen LogP contribution is -2.30.